The molecule has 0 saturated carbocycles. The van der Waals surface area contributed by atoms with E-state index >= 15 is 0 Å². The minimum absolute atomic E-state index is 0.165. The molecule has 13 heteroatoms. The molecule has 2 atom stereocenters. The van der Waals surface area contributed by atoms with E-state index in [-0.39, 0.29) is 50.1 Å². The first kappa shape index (κ1) is 37.1. The number of nitrogens with zero attached hydrogens (tertiary/aromatic N) is 3. The lowest BCUT2D eigenvalue weighted by Crippen LogP contribution is -2.55. The summed E-state index contributed by atoms with van der Waals surface area (Å²) in [5.74, 6) is -0.604. The van der Waals surface area contributed by atoms with E-state index in [1.54, 1.807) is 13.0 Å². The molecule has 1 aliphatic rings. The number of carbonyl (C=O) groups is 5. The number of imidazole rings is 1. The lowest BCUT2D eigenvalue weighted by atomic mass is 10.0. The highest BCUT2D eigenvalue weighted by Gasteiger charge is 2.28. The highest BCUT2D eigenvalue weighted by molar-refractivity contribution is 5.97. The smallest absolute Gasteiger partial charge is 0.251 e. The number of aromatic nitrogens is 3. The second-order valence-corrected chi connectivity index (χ2v) is 13.7. The van der Waals surface area contributed by atoms with E-state index in [0.717, 1.165) is 33.3 Å². The van der Waals surface area contributed by atoms with Crippen molar-refractivity contribution in [1.29, 1.82) is 0 Å². The van der Waals surface area contributed by atoms with Gasteiger partial charge in [0.2, 0.25) is 23.6 Å². The van der Waals surface area contributed by atoms with Crippen LogP contribution in [0.1, 0.15) is 74.6 Å². The normalized spacial score (nSPS) is 19.0. The Hall–Kier alpha value is -5.20. The van der Waals surface area contributed by atoms with Crippen LogP contribution in [0, 0.1) is 12.8 Å². The molecule has 5 amide bonds. The SMILES string of the molecule is CC[C@@H]1NC(=O)CN(C(=O)CCC(C)C)CCCNC(=O)c2ccc3nc(C)n(c3c2)CCCNC(=O)[C@@H](Cc2c[nH]c3ccccc23)NC1=O. The first-order chi connectivity index (χ1) is 24.5. The predicted molar refractivity (Wildman–Crippen MR) is 196 cm³/mol. The van der Waals surface area contributed by atoms with E-state index in [0.29, 0.717) is 50.4 Å². The summed E-state index contributed by atoms with van der Waals surface area (Å²) in [4.78, 5) is 76.5. The molecule has 5 rings (SSSR count). The molecule has 51 heavy (non-hydrogen) atoms. The van der Waals surface area contributed by atoms with Gasteiger partial charge in [-0.15, -0.1) is 0 Å². The van der Waals surface area contributed by atoms with Gasteiger partial charge >= 0.3 is 0 Å². The number of fused-ring (bicyclic) bond motifs is 2. The molecule has 0 fully saturated rings. The summed E-state index contributed by atoms with van der Waals surface area (Å²) in [6, 6.07) is 11.3. The summed E-state index contributed by atoms with van der Waals surface area (Å²) < 4.78 is 2.03. The third-order valence-corrected chi connectivity index (χ3v) is 9.36. The number of carbonyl (C=O) groups excluding carboxylic acids is 5. The molecule has 0 saturated heterocycles. The van der Waals surface area contributed by atoms with Gasteiger partial charge in [0.1, 0.15) is 17.9 Å². The largest absolute Gasteiger partial charge is 0.361 e. The summed E-state index contributed by atoms with van der Waals surface area (Å²) in [6.45, 7) is 8.98. The van der Waals surface area contributed by atoms with Crippen molar-refractivity contribution in [3.63, 3.8) is 0 Å². The maximum Gasteiger partial charge on any atom is 0.251 e. The summed E-state index contributed by atoms with van der Waals surface area (Å²) in [5.41, 5.74) is 3.87. The molecular weight excluding hydrogens is 648 g/mol. The fourth-order valence-corrected chi connectivity index (χ4v) is 6.44. The lowest BCUT2D eigenvalue weighted by molar-refractivity contribution is -0.137. The molecule has 2 bridgehead atoms. The molecule has 272 valence electrons. The van der Waals surface area contributed by atoms with Crippen LogP contribution in [-0.2, 0) is 32.1 Å². The van der Waals surface area contributed by atoms with Gasteiger partial charge < -0.3 is 35.7 Å². The van der Waals surface area contributed by atoms with Gasteiger partial charge in [0, 0.05) is 61.7 Å². The molecule has 0 radical (unpaired) electrons. The van der Waals surface area contributed by atoms with Crippen LogP contribution in [0.25, 0.3) is 21.9 Å². The van der Waals surface area contributed by atoms with E-state index in [9.17, 15) is 24.0 Å². The van der Waals surface area contributed by atoms with Gasteiger partial charge in [-0.05, 0) is 68.4 Å². The molecule has 2 aromatic carbocycles. The molecule has 13 nitrogen and oxygen atoms in total. The summed E-state index contributed by atoms with van der Waals surface area (Å²) in [7, 11) is 0. The molecule has 1 aliphatic heterocycles. The van der Waals surface area contributed by atoms with E-state index in [4.69, 9.17) is 0 Å². The Kier molecular flexibility index (Phi) is 12.5. The second-order valence-electron chi connectivity index (χ2n) is 13.7. The number of H-pyrrole nitrogens is 1. The van der Waals surface area contributed by atoms with Crippen molar-refractivity contribution in [3.8, 4) is 0 Å². The number of hydrogen-bond donors (Lipinski definition) is 5. The summed E-state index contributed by atoms with van der Waals surface area (Å²) in [5, 5.41) is 12.6. The Bertz CT molecular complexity index is 1880. The van der Waals surface area contributed by atoms with Gasteiger partial charge in [-0.3, -0.25) is 24.0 Å². The van der Waals surface area contributed by atoms with Gasteiger partial charge in [0.15, 0.2) is 0 Å². The van der Waals surface area contributed by atoms with Crippen LogP contribution in [0.4, 0.5) is 0 Å². The van der Waals surface area contributed by atoms with Crippen LogP contribution in [-0.4, -0.2) is 87.2 Å². The van der Waals surface area contributed by atoms with E-state index in [1.807, 2.05) is 67.9 Å². The number of nitrogens with one attached hydrogen (secondary N) is 5. The fraction of sp³-hybridized carbons (Fsp3) is 0.474. The van der Waals surface area contributed by atoms with Crippen LogP contribution >= 0.6 is 0 Å². The van der Waals surface area contributed by atoms with Crippen molar-refractivity contribution < 1.29 is 24.0 Å². The Labute approximate surface area is 298 Å². The van der Waals surface area contributed by atoms with Crippen molar-refractivity contribution in [1.82, 2.24) is 40.7 Å². The molecule has 2 aromatic heterocycles. The fourth-order valence-electron chi connectivity index (χ4n) is 6.44. The van der Waals surface area contributed by atoms with Gasteiger partial charge in [-0.2, -0.15) is 0 Å². The summed E-state index contributed by atoms with van der Waals surface area (Å²) >= 11 is 0. The van der Waals surface area contributed by atoms with Crippen molar-refractivity contribution in [3.05, 3.63) is 65.6 Å². The number of para-hydroxylation sites is 1. The van der Waals surface area contributed by atoms with Crippen molar-refractivity contribution in [2.45, 2.75) is 84.8 Å². The molecule has 0 unspecified atom stereocenters. The number of aryl methyl sites for hydroxylation is 2. The molecule has 3 heterocycles. The highest BCUT2D eigenvalue weighted by atomic mass is 16.2. The number of aromatic amines is 1. The van der Waals surface area contributed by atoms with Gasteiger partial charge in [0.05, 0.1) is 17.6 Å². The van der Waals surface area contributed by atoms with Gasteiger partial charge in [-0.25, -0.2) is 4.98 Å². The zero-order valence-electron chi connectivity index (χ0n) is 30.0. The van der Waals surface area contributed by atoms with Crippen LogP contribution in [0.3, 0.4) is 0 Å². The van der Waals surface area contributed by atoms with Gasteiger partial charge in [0.25, 0.3) is 5.91 Å². The topological polar surface area (TPSA) is 170 Å². The first-order valence-corrected chi connectivity index (χ1v) is 18.0. The number of rotatable bonds is 6. The zero-order valence-corrected chi connectivity index (χ0v) is 30.0. The zero-order chi connectivity index (χ0) is 36.5. The second kappa shape index (κ2) is 17.1. The Balaban J connectivity index is 1.41. The van der Waals surface area contributed by atoms with E-state index < -0.39 is 23.9 Å². The lowest BCUT2D eigenvalue weighted by Gasteiger charge is -2.25. The number of amides is 5. The minimum Gasteiger partial charge on any atom is -0.361 e. The monoisotopic (exact) mass is 698 g/mol. The van der Waals surface area contributed by atoms with Crippen molar-refractivity contribution >= 4 is 51.5 Å². The maximum absolute atomic E-state index is 13.7. The molecule has 0 aliphatic carbocycles. The third kappa shape index (κ3) is 9.53. The first-order valence-electron chi connectivity index (χ1n) is 18.0. The Morgan fingerprint density at radius 3 is 2.49 bits per heavy atom. The summed E-state index contributed by atoms with van der Waals surface area (Å²) in [6.07, 6.45) is 4.35. The number of hydrogen-bond acceptors (Lipinski definition) is 6. The molecule has 5 N–H and O–H groups in total. The van der Waals surface area contributed by atoms with Crippen LogP contribution in [0.2, 0.25) is 0 Å². The Morgan fingerprint density at radius 1 is 0.941 bits per heavy atom. The minimum atomic E-state index is -0.916. The third-order valence-electron chi connectivity index (χ3n) is 9.36. The standard InChI is InChI=1S/C38H50N8O5/c1-5-29-38(51)44-32(20-27-22-41-30-11-7-6-10-28(27)30)37(50)40-17-9-19-46-25(4)42-31-14-13-26(21-33(31)46)36(49)39-16-8-18-45(23-34(47)43-29)35(48)15-12-24(2)3/h6-7,10-11,13-14,21-22,24,29,32,41H,5,8-9,12,15-20,23H2,1-4H3,(H,39,49)(H,40,50)(H,43,47)(H,44,51)/t29-,32+/m0/s1. The van der Waals surface area contributed by atoms with Crippen LogP contribution in [0.5, 0.6) is 0 Å². The van der Waals surface area contributed by atoms with Crippen molar-refractivity contribution in [2.75, 3.05) is 26.2 Å². The van der Waals surface area contributed by atoms with Crippen molar-refractivity contribution in [2.24, 2.45) is 5.92 Å². The predicted octanol–water partition coefficient (Wildman–Crippen LogP) is 3.35. The average Bonchev–Trinajstić information content (AvgIpc) is 3.67. The molecule has 4 aromatic rings. The quantitative estimate of drug-likeness (QED) is 0.207. The highest BCUT2D eigenvalue weighted by Crippen LogP contribution is 2.20. The number of benzene rings is 2. The molecular formula is C38H50N8O5. The van der Waals surface area contributed by atoms with E-state index in [2.05, 4.69) is 31.2 Å². The van der Waals surface area contributed by atoms with E-state index in [1.165, 1.54) is 4.90 Å². The average molecular weight is 699 g/mol. The maximum atomic E-state index is 13.7. The van der Waals surface area contributed by atoms with Crippen LogP contribution < -0.4 is 21.3 Å². The Morgan fingerprint density at radius 2 is 1.71 bits per heavy atom. The van der Waals surface area contributed by atoms with Crippen LogP contribution in [0.15, 0.2) is 48.7 Å². The molecule has 0 spiro atoms. The van der Waals surface area contributed by atoms with Gasteiger partial charge in [-0.1, -0.05) is 39.0 Å².